The highest BCUT2D eigenvalue weighted by molar-refractivity contribution is 5.74. The van der Waals surface area contributed by atoms with Crippen molar-refractivity contribution >= 4 is 17.0 Å². The van der Waals surface area contributed by atoms with Crippen LogP contribution in [0, 0.1) is 17.8 Å². The van der Waals surface area contributed by atoms with Crippen molar-refractivity contribution in [2.45, 2.75) is 58.0 Å². The van der Waals surface area contributed by atoms with Gasteiger partial charge in [0.05, 0.1) is 17.0 Å². The third-order valence-corrected chi connectivity index (χ3v) is 6.83. The number of nitrogens with zero attached hydrogens (tertiary/aromatic N) is 2. The summed E-state index contributed by atoms with van der Waals surface area (Å²) in [5.74, 6) is 1.86. The molecule has 2 bridgehead atoms. The van der Waals surface area contributed by atoms with E-state index in [2.05, 4.69) is 40.1 Å². The fraction of sp³-hybridized carbons (Fsp3) is 0.600. The number of carbonyl (C=O) groups is 1. The smallest absolute Gasteiger partial charge is 0.308 e. The highest BCUT2D eigenvalue weighted by Crippen LogP contribution is 2.47. The molecule has 1 heterocycles. The molecule has 30 heavy (non-hydrogen) atoms. The molecule has 3 aliphatic rings. The topological polar surface area (TPSA) is 58.2 Å². The highest BCUT2D eigenvalue weighted by atomic mass is 16.6. The summed E-state index contributed by atoms with van der Waals surface area (Å²) in [5.41, 5.74) is 1.83. The van der Waals surface area contributed by atoms with Crippen molar-refractivity contribution in [3.8, 4) is 0 Å². The van der Waals surface area contributed by atoms with Gasteiger partial charge >= 0.3 is 5.97 Å². The quantitative estimate of drug-likeness (QED) is 0.480. The molecule has 0 aliphatic heterocycles. The minimum absolute atomic E-state index is 0.0523. The molecule has 0 saturated heterocycles. The van der Waals surface area contributed by atoms with Crippen LogP contribution in [0.15, 0.2) is 36.4 Å². The molecule has 162 valence electrons. The van der Waals surface area contributed by atoms with Crippen LogP contribution in [-0.2, 0) is 16.0 Å². The predicted octanol–water partition coefficient (Wildman–Crippen LogP) is 4.74. The number of benzene rings is 1. The Kier molecular flexibility index (Phi) is 6.28. The van der Waals surface area contributed by atoms with E-state index < -0.39 is 0 Å². The summed E-state index contributed by atoms with van der Waals surface area (Å²) < 4.78 is 6.20. The summed E-state index contributed by atoms with van der Waals surface area (Å²) in [7, 11) is 2.17. The lowest BCUT2D eigenvalue weighted by Gasteiger charge is -2.48. The normalized spacial score (nSPS) is 25.5. The average molecular weight is 410 g/mol. The molecule has 1 fully saturated rings. The number of aromatic nitrogens is 2. The average Bonchev–Trinajstić information content (AvgIpc) is 3.16. The number of carbonyl (C=O) groups excluding carboxylic acids is 1. The van der Waals surface area contributed by atoms with E-state index >= 15 is 0 Å². The number of ether oxygens (including phenoxy) is 1. The SMILES string of the molecule is CC(C)C(=O)O[C@]1(CCN(C)CCCc2nc3ccccc3[nH]2)C[C@H]2C=C[C@@H]1CC2. The number of para-hydroxylation sites is 2. The van der Waals surface area contributed by atoms with Crippen LogP contribution < -0.4 is 0 Å². The van der Waals surface area contributed by atoms with E-state index in [0.717, 1.165) is 62.1 Å². The number of aromatic amines is 1. The summed E-state index contributed by atoms with van der Waals surface area (Å²) in [6, 6.07) is 8.18. The van der Waals surface area contributed by atoms with E-state index in [-0.39, 0.29) is 17.5 Å². The summed E-state index contributed by atoms with van der Waals surface area (Å²) in [5, 5.41) is 0. The molecule has 1 aromatic heterocycles. The number of H-pyrrole nitrogens is 1. The lowest BCUT2D eigenvalue weighted by Crippen LogP contribution is -2.50. The molecule has 1 aromatic carbocycles. The van der Waals surface area contributed by atoms with Gasteiger partial charge in [-0.1, -0.05) is 38.1 Å². The number of fused-ring (bicyclic) bond motifs is 3. The number of allylic oxidation sites excluding steroid dienone is 1. The van der Waals surface area contributed by atoms with Gasteiger partial charge in [0.2, 0.25) is 0 Å². The minimum Gasteiger partial charge on any atom is -0.458 e. The lowest BCUT2D eigenvalue weighted by molar-refractivity contribution is -0.176. The summed E-state index contributed by atoms with van der Waals surface area (Å²) in [4.78, 5) is 22.9. The van der Waals surface area contributed by atoms with Crippen LogP contribution in [0.2, 0.25) is 0 Å². The predicted molar refractivity (Wildman–Crippen MR) is 120 cm³/mol. The molecule has 1 saturated carbocycles. The second kappa shape index (κ2) is 8.93. The summed E-state index contributed by atoms with van der Waals surface area (Å²) >= 11 is 0. The van der Waals surface area contributed by atoms with E-state index in [0.29, 0.717) is 11.8 Å². The van der Waals surface area contributed by atoms with Gasteiger partial charge in [-0.25, -0.2) is 4.98 Å². The molecular formula is C25H35N3O2. The van der Waals surface area contributed by atoms with Gasteiger partial charge in [-0.3, -0.25) is 4.79 Å². The fourth-order valence-electron chi connectivity index (χ4n) is 4.99. The zero-order chi connectivity index (χ0) is 21.1. The van der Waals surface area contributed by atoms with Crippen LogP contribution in [0.25, 0.3) is 11.0 Å². The van der Waals surface area contributed by atoms with Crippen molar-refractivity contribution in [3.63, 3.8) is 0 Å². The van der Waals surface area contributed by atoms with Crippen molar-refractivity contribution in [3.05, 3.63) is 42.2 Å². The van der Waals surface area contributed by atoms with Crippen molar-refractivity contribution in [1.82, 2.24) is 14.9 Å². The Hall–Kier alpha value is -2.14. The minimum atomic E-state index is -0.313. The molecule has 1 N–H and O–H groups in total. The van der Waals surface area contributed by atoms with Gasteiger partial charge in [-0.2, -0.15) is 0 Å². The number of rotatable bonds is 9. The van der Waals surface area contributed by atoms with E-state index in [1.165, 1.54) is 6.42 Å². The van der Waals surface area contributed by atoms with Gasteiger partial charge in [0.25, 0.3) is 0 Å². The van der Waals surface area contributed by atoms with Crippen LogP contribution >= 0.6 is 0 Å². The first-order valence-electron chi connectivity index (χ1n) is 11.5. The van der Waals surface area contributed by atoms with E-state index in [9.17, 15) is 4.79 Å². The Bertz CT molecular complexity index is 870. The molecular weight excluding hydrogens is 374 g/mol. The Labute approximate surface area is 179 Å². The molecule has 5 rings (SSSR count). The highest BCUT2D eigenvalue weighted by Gasteiger charge is 2.48. The van der Waals surface area contributed by atoms with Crippen LogP contribution in [0.1, 0.15) is 51.8 Å². The van der Waals surface area contributed by atoms with E-state index in [4.69, 9.17) is 4.74 Å². The monoisotopic (exact) mass is 409 g/mol. The maximum atomic E-state index is 12.5. The van der Waals surface area contributed by atoms with Gasteiger partial charge in [-0.05, 0) is 57.3 Å². The third-order valence-electron chi connectivity index (χ3n) is 6.83. The van der Waals surface area contributed by atoms with Gasteiger partial charge in [-0.15, -0.1) is 0 Å². The molecule has 5 nitrogen and oxygen atoms in total. The molecule has 2 aromatic rings. The van der Waals surface area contributed by atoms with Crippen LogP contribution in [0.5, 0.6) is 0 Å². The van der Waals surface area contributed by atoms with Gasteiger partial charge in [0, 0.05) is 25.3 Å². The second-order valence-corrected chi connectivity index (χ2v) is 9.53. The van der Waals surface area contributed by atoms with Gasteiger partial charge in [0.1, 0.15) is 11.4 Å². The molecule has 0 amide bonds. The molecule has 0 unspecified atom stereocenters. The first-order chi connectivity index (χ1) is 14.4. The molecule has 3 aliphatic carbocycles. The molecule has 0 radical (unpaired) electrons. The third kappa shape index (κ3) is 4.61. The number of imidazole rings is 1. The zero-order valence-electron chi connectivity index (χ0n) is 18.6. The standard InChI is InChI=1S/C25H35N3O2/c1-18(2)24(29)30-25(17-19-10-12-20(25)13-11-19)14-16-28(3)15-6-9-23-26-21-7-4-5-8-22(21)27-23/h4-5,7-8,10,12,18-20H,6,9,11,13-17H2,1-3H3,(H,26,27)/t19-,20+,25+/m0/s1. The second-order valence-electron chi connectivity index (χ2n) is 9.53. The van der Waals surface area contributed by atoms with E-state index in [1.54, 1.807) is 0 Å². The number of hydrogen-bond donors (Lipinski definition) is 1. The summed E-state index contributed by atoms with van der Waals surface area (Å²) in [6.45, 7) is 5.81. The number of hydrogen-bond acceptors (Lipinski definition) is 4. The summed E-state index contributed by atoms with van der Waals surface area (Å²) in [6.07, 6.45) is 10.9. The van der Waals surface area contributed by atoms with Gasteiger partial charge in [0.15, 0.2) is 0 Å². The zero-order valence-corrected chi connectivity index (χ0v) is 18.6. The van der Waals surface area contributed by atoms with Crippen molar-refractivity contribution in [1.29, 1.82) is 0 Å². The largest absolute Gasteiger partial charge is 0.458 e. The Morgan fingerprint density at radius 2 is 2.10 bits per heavy atom. The number of nitrogens with one attached hydrogen (secondary N) is 1. The van der Waals surface area contributed by atoms with Crippen molar-refractivity contribution in [2.24, 2.45) is 17.8 Å². The molecule has 3 atom stereocenters. The van der Waals surface area contributed by atoms with Crippen LogP contribution in [0.3, 0.4) is 0 Å². The van der Waals surface area contributed by atoms with Crippen LogP contribution in [-0.4, -0.2) is 46.6 Å². The maximum Gasteiger partial charge on any atom is 0.308 e. The molecule has 5 heteroatoms. The van der Waals surface area contributed by atoms with Crippen LogP contribution in [0.4, 0.5) is 0 Å². The fourth-order valence-corrected chi connectivity index (χ4v) is 4.99. The Morgan fingerprint density at radius 3 is 2.77 bits per heavy atom. The first-order valence-corrected chi connectivity index (χ1v) is 11.5. The van der Waals surface area contributed by atoms with E-state index in [1.807, 2.05) is 32.0 Å². The number of aryl methyl sites for hydroxylation is 1. The van der Waals surface area contributed by atoms with Crippen molar-refractivity contribution in [2.75, 3.05) is 20.1 Å². The lowest BCUT2D eigenvalue weighted by atomic mass is 9.64. The Morgan fingerprint density at radius 1 is 1.27 bits per heavy atom. The maximum absolute atomic E-state index is 12.5. The molecule has 0 spiro atoms. The van der Waals surface area contributed by atoms with Crippen molar-refractivity contribution < 1.29 is 9.53 Å². The Balaban J connectivity index is 1.30. The van der Waals surface area contributed by atoms with Gasteiger partial charge < -0.3 is 14.6 Å². The number of esters is 1. The first kappa shape index (κ1) is 21.1.